The van der Waals surface area contributed by atoms with E-state index < -0.39 is 0 Å². The summed E-state index contributed by atoms with van der Waals surface area (Å²) in [5.41, 5.74) is 1.98. The Labute approximate surface area is 216 Å². The van der Waals surface area contributed by atoms with Crippen LogP contribution >= 0.6 is 86.9 Å². The van der Waals surface area contributed by atoms with Crippen molar-refractivity contribution in [1.29, 1.82) is 0 Å². The molecule has 2 atom stereocenters. The first-order chi connectivity index (χ1) is 13.5. The van der Waals surface area contributed by atoms with Crippen molar-refractivity contribution in [2.24, 2.45) is 0 Å². The average Bonchev–Trinajstić information content (AvgIpc) is 2.66. The van der Waals surface area contributed by atoms with Gasteiger partial charge >= 0.3 is 0 Å². The molecule has 2 aromatic rings. The van der Waals surface area contributed by atoms with E-state index in [1.807, 2.05) is 13.8 Å². The molecule has 0 bridgehead atoms. The van der Waals surface area contributed by atoms with Gasteiger partial charge in [0.1, 0.15) is 23.7 Å². The molecule has 8 heteroatoms. The number of hydrogen-bond donors (Lipinski definition) is 0. The molecule has 2 rings (SSSR count). The van der Waals surface area contributed by atoms with Crippen molar-refractivity contribution in [3.8, 4) is 11.5 Å². The predicted molar refractivity (Wildman–Crippen MR) is 137 cm³/mol. The molecule has 0 spiro atoms. The molecule has 0 N–H and O–H groups in total. The molecule has 0 aliphatic heterocycles. The first-order valence-electron chi connectivity index (χ1n) is 8.95. The Hall–Kier alpha value is 0.540. The summed E-state index contributed by atoms with van der Waals surface area (Å²) >= 11 is 26.4. The highest BCUT2D eigenvalue weighted by Gasteiger charge is 2.28. The van der Waals surface area contributed by atoms with Gasteiger partial charge in [-0.05, 0) is 113 Å². The Bertz CT molecular complexity index is 758. The van der Waals surface area contributed by atoms with Crippen LogP contribution < -0.4 is 9.47 Å². The lowest BCUT2D eigenvalue weighted by atomic mass is 9.78. The molecule has 2 nitrogen and oxygen atoms in total. The zero-order chi connectivity index (χ0) is 21.9. The van der Waals surface area contributed by atoms with Crippen molar-refractivity contribution in [3.05, 3.63) is 53.3 Å². The molecular weight excluding hydrogens is 675 g/mol. The standard InChI is InChI=1S/C21H22Br4Cl2O2/c1-11(9-26)28-19-15(22)5-13(6-16(19)23)21(3,4)14-7-17(24)20(18(25)8-14)29-12(2)10-27/h5-8,11-12H,9-10H2,1-4H3. The van der Waals surface area contributed by atoms with E-state index in [1.54, 1.807) is 0 Å². The maximum atomic E-state index is 5.93. The number of benzene rings is 2. The molecule has 0 fully saturated rings. The van der Waals surface area contributed by atoms with Crippen LogP contribution in [0.15, 0.2) is 42.2 Å². The van der Waals surface area contributed by atoms with E-state index in [0.717, 1.165) is 40.5 Å². The predicted octanol–water partition coefficient (Wildman–Crippen LogP) is 9.07. The van der Waals surface area contributed by atoms with E-state index in [9.17, 15) is 0 Å². The number of ether oxygens (including phenoxy) is 2. The van der Waals surface area contributed by atoms with Gasteiger partial charge in [-0.2, -0.15) is 0 Å². The molecule has 0 saturated heterocycles. The minimum Gasteiger partial charge on any atom is -0.487 e. The van der Waals surface area contributed by atoms with E-state index in [1.165, 1.54) is 0 Å². The normalized spacial score (nSPS) is 13.9. The van der Waals surface area contributed by atoms with Gasteiger partial charge < -0.3 is 9.47 Å². The van der Waals surface area contributed by atoms with E-state index in [2.05, 4.69) is 102 Å². The fourth-order valence-electron chi connectivity index (χ4n) is 2.70. The summed E-state index contributed by atoms with van der Waals surface area (Å²) in [7, 11) is 0. The van der Waals surface area contributed by atoms with Gasteiger partial charge in [0.05, 0.1) is 29.7 Å². The van der Waals surface area contributed by atoms with Crippen molar-refractivity contribution in [1.82, 2.24) is 0 Å². The molecular formula is C21H22Br4Cl2O2. The molecule has 160 valence electrons. The SMILES string of the molecule is CC(CCl)Oc1c(Br)cc(C(C)(C)c2cc(Br)c(OC(C)CCl)c(Br)c2)cc1Br. The second-order valence-electron chi connectivity index (χ2n) is 7.33. The van der Waals surface area contributed by atoms with Crippen molar-refractivity contribution in [2.75, 3.05) is 11.8 Å². The number of halogens is 6. The summed E-state index contributed by atoms with van der Waals surface area (Å²) in [6.45, 7) is 8.24. The second kappa shape index (κ2) is 10.9. The summed E-state index contributed by atoms with van der Waals surface area (Å²) in [6, 6.07) is 8.34. The molecule has 0 aliphatic carbocycles. The van der Waals surface area contributed by atoms with Crippen molar-refractivity contribution < 1.29 is 9.47 Å². The molecule has 29 heavy (non-hydrogen) atoms. The summed E-state index contributed by atoms with van der Waals surface area (Å²) in [4.78, 5) is 0. The lowest BCUT2D eigenvalue weighted by molar-refractivity contribution is 0.242. The van der Waals surface area contributed by atoms with Crippen LogP contribution in [0.25, 0.3) is 0 Å². The lowest BCUT2D eigenvalue weighted by Crippen LogP contribution is -2.20. The number of rotatable bonds is 8. The van der Waals surface area contributed by atoms with Crippen molar-refractivity contribution >= 4 is 86.9 Å². The monoisotopic (exact) mass is 692 g/mol. The quantitative estimate of drug-likeness (QED) is 0.257. The minimum atomic E-state index is -0.274. The van der Waals surface area contributed by atoms with E-state index in [0.29, 0.717) is 11.8 Å². The molecule has 0 aliphatic rings. The Kier molecular flexibility index (Phi) is 9.71. The highest BCUT2D eigenvalue weighted by Crippen LogP contribution is 2.44. The Morgan fingerprint density at radius 2 is 1.00 bits per heavy atom. The third-order valence-electron chi connectivity index (χ3n) is 4.51. The maximum Gasteiger partial charge on any atom is 0.148 e. The third-order valence-corrected chi connectivity index (χ3v) is 7.74. The van der Waals surface area contributed by atoms with Crippen LogP contribution in [0.5, 0.6) is 11.5 Å². The molecule has 0 heterocycles. The van der Waals surface area contributed by atoms with Gasteiger partial charge in [-0.25, -0.2) is 0 Å². The maximum absolute atomic E-state index is 5.93. The van der Waals surface area contributed by atoms with Crippen LogP contribution in [-0.2, 0) is 5.41 Å². The zero-order valence-electron chi connectivity index (χ0n) is 16.5. The summed E-state index contributed by atoms with van der Waals surface area (Å²) in [6.07, 6.45) is -0.170. The van der Waals surface area contributed by atoms with Gasteiger partial charge in [0.2, 0.25) is 0 Å². The van der Waals surface area contributed by atoms with E-state index >= 15 is 0 Å². The van der Waals surface area contributed by atoms with E-state index in [-0.39, 0.29) is 17.6 Å². The zero-order valence-corrected chi connectivity index (χ0v) is 24.3. The summed E-state index contributed by atoms with van der Waals surface area (Å²) < 4.78 is 15.4. The van der Waals surface area contributed by atoms with Gasteiger partial charge in [0.25, 0.3) is 0 Å². The second-order valence-corrected chi connectivity index (χ2v) is 11.4. The Morgan fingerprint density at radius 3 is 1.24 bits per heavy atom. The van der Waals surface area contributed by atoms with Crippen molar-refractivity contribution in [2.45, 2.75) is 45.3 Å². The summed E-state index contributed by atoms with van der Waals surface area (Å²) in [5, 5.41) is 0. The van der Waals surface area contributed by atoms with Crippen molar-refractivity contribution in [3.63, 3.8) is 0 Å². The highest BCUT2D eigenvalue weighted by atomic mass is 79.9. The van der Waals surface area contributed by atoms with E-state index in [4.69, 9.17) is 32.7 Å². The molecule has 2 aromatic carbocycles. The van der Waals surface area contributed by atoms with Crippen LogP contribution in [0.3, 0.4) is 0 Å². The lowest BCUT2D eigenvalue weighted by Gasteiger charge is -2.29. The van der Waals surface area contributed by atoms with Crippen LogP contribution in [0.2, 0.25) is 0 Å². The Balaban J connectivity index is 2.45. The van der Waals surface area contributed by atoms with Crippen LogP contribution in [0, 0.1) is 0 Å². The third kappa shape index (κ3) is 6.29. The van der Waals surface area contributed by atoms with Gasteiger partial charge in [-0.1, -0.05) is 13.8 Å². The Morgan fingerprint density at radius 1 is 0.724 bits per heavy atom. The topological polar surface area (TPSA) is 18.5 Å². The minimum absolute atomic E-state index is 0.0852. The van der Waals surface area contributed by atoms with Crippen LogP contribution in [0.1, 0.15) is 38.8 Å². The molecule has 0 aromatic heterocycles. The molecule has 2 unspecified atom stereocenters. The van der Waals surface area contributed by atoms with Gasteiger partial charge in [0.15, 0.2) is 0 Å². The fraction of sp³-hybridized carbons (Fsp3) is 0.429. The first-order valence-corrected chi connectivity index (χ1v) is 13.2. The van der Waals surface area contributed by atoms with Gasteiger partial charge in [-0.15, -0.1) is 23.2 Å². The fourth-order valence-corrected chi connectivity index (χ4v) is 5.57. The first kappa shape index (κ1) is 25.8. The van der Waals surface area contributed by atoms with Crippen LogP contribution in [0.4, 0.5) is 0 Å². The molecule has 0 amide bonds. The summed E-state index contributed by atoms with van der Waals surface area (Å²) in [5.74, 6) is 2.34. The largest absolute Gasteiger partial charge is 0.487 e. The molecule has 0 radical (unpaired) electrons. The van der Waals surface area contributed by atoms with Gasteiger partial charge in [0, 0.05) is 5.41 Å². The number of hydrogen-bond acceptors (Lipinski definition) is 2. The average molecular weight is 697 g/mol. The highest BCUT2D eigenvalue weighted by molar-refractivity contribution is 9.11. The van der Waals surface area contributed by atoms with Gasteiger partial charge in [-0.3, -0.25) is 0 Å². The molecule has 0 saturated carbocycles. The number of alkyl halides is 2. The smallest absolute Gasteiger partial charge is 0.148 e. The van der Waals surface area contributed by atoms with Crippen LogP contribution in [-0.4, -0.2) is 24.0 Å².